The largest absolute Gasteiger partial charge is 0.384 e. The molecule has 0 aliphatic carbocycles. The molecule has 1 atom stereocenters. The summed E-state index contributed by atoms with van der Waals surface area (Å²) in [6.07, 6.45) is 0.989. The first-order valence-corrected chi connectivity index (χ1v) is 7.03. The third-order valence-electron chi connectivity index (χ3n) is 4.05. The van der Waals surface area contributed by atoms with Gasteiger partial charge in [0.1, 0.15) is 11.7 Å². The number of benzene rings is 2. The average Bonchev–Trinajstić information content (AvgIpc) is 2.77. The van der Waals surface area contributed by atoms with Crippen LogP contribution in [0.2, 0.25) is 0 Å². The van der Waals surface area contributed by atoms with Gasteiger partial charge in [0, 0.05) is 29.4 Å². The number of nitrogens with zero attached hydrogens (tertiary/aromatic N) is 1. The summed E-state index contributed by atoms with van der Waals surface area (Å²) in [7, 11) is 0. The molecule has 3 N–H and O–H groups in total. The van der Waals surface area contributed by atoms with E-state index in [1.807, 2.05) is 12.1 Å². The number of rotatable bonds is 3. The predicted octanol–water partition coefficient (Wildman–Crippen LogP) is 3.06. The van der Waals surface area contributed by atoms with Crippen molar-refractivity contribution in [2.45, 2.75) is 25.9 Å². The summed E-state index contributed by atoms with van der Waals surface area (Å²) in [4.78, 5) is 2.22. The third kappa shape index (κ3) is 2.49. The third-order valence-corrected chi connectivity index (χ3v) is 4.05. The lowest BCUT2D eigenvalue weighted by Crippen LogP contribution is -2.29. The standard InChI is InChI=1S/C17H18FN3/c1-11-8-12-4-2-3-5-16(12)21(11)10-14-7-6-13(17(19)20)9-15(14)18/h2-7,9,11H,8,10H2,1H3,(H3,19,20). The van der Waals surface area contributed by atoms with Crippen LogP contribution in [-0.2, 0) is 13.0 Å². The fourth-order valence-corrected chi connectivity index (χ4v) is 2.90. The molecule has 0 saturated carbocycles. The molecular weight excluding hydrogens is 265 g/mol. The highest BCUT2D eigenvalue weighted by Gasteiger charge is 2.26. The van der Waals surface area contributed by atoms with Crippen molar-refractivity contribution < 1.29 is 4.39 Å². The molecule has 108 valence electrons. The van der Waals surface area contributed by atoms with Crippen molar-refractivity contribution in [3.63, 3.8) is 0 Å². The van der Waals surface area contributed by atoms with Crippen LogP contribution in [0.25, 0.3) is 0 Å². The second kappa shape index (κ2) is 5.20. The van der Waals surface area contributed by atoms with E-state index in [-0.39, 0.29) is 11.7 Å². The summed E-state index contributed by atoms with van der Waals surface area (Å²) in [5, 5.41) is 7.36. The number of anilines is 1. The maximum atomic E-state index is 14.2. The van der Waals surface area contributed by atoms with E-state index in [1.165, 1.54) is 17.3 Å². The Labute approximate surface area is 123 Å². The molecule has 0 amide bonds. The highest BCUT2D eigenvalue weighted by atomic mass is 19.1. The van der Waals surface area contributed by atoms with Gasteiger partial charge in [0.05, 0.1) is 0 Å². The zero-order valence-electron chi connectivity index (χ0n) is 11.9. The molecule has 3 nitrogen and oxygen atoms in total. The van der Waals surface area contributed by atoms with Crippen molar-refractivity contribution in [1.29, 1.82) is 5.41 Å². The normalized spacial score (nSPS) is 16.9. The van der Waals surface area contributed by atoms with Gasteiger partial charge < -0.3 is 10.6 Å². The topological polar surface area (TPSA) is 53.1 Å². The number of nitrogen functional groups attached to an aromatic ring is 1. The predicted molar refractivity (Wildman–Crippen MR) is 83.2 cm³/mol. The van der Waals surface area contributed by atoms with Crippen LogP contribution in [0.3, 0.4) is 0 Å². The fraction of sp³-hybridized carbons (Fsp3) is 0.235. The van der Waals surface area contributed by atoms with E-state index in [0.29, 0.717) is 23.7 Å². The van der Waals surface area contributed by atoms with Gasteiger partial charge in [0.2, 0.25) is 0 Å². The summed E-state index contributed by atoms with van der Waals surface area (Å²) in [6, 6.07) is 13.4. The summed E-state index contributed by atoms with van der Waals surface area (Å²) < 4.78 is 14.2. The van der Waals surface area contributed by atoms with Crippen LogP contribution in [0, 0.1) is 11.2 Å². The molecule has 0 fully saturated rings. The zero-order valence-corrected chi connectivity index (χ0v) is 11.9. The van der Waals surface area contributed by atoms with Gasteiger partial charge in [-0.05, 0) is 31.0 Å². The number of fused-ring (bicyclic) bond motifs is 1. The van der Waals surface area contributed by atoms with Crippen molar-refractivity contribution in [2.75, 3.05) is 4.90 Å². The Balaban J connectivity index is 1.89. The van der Waals surface area contributed by atoms with Crippen molar-refractivity contribution in [2.24, 2.45) is 5.73 Å². The van der Waals surface area contributed by atoms with Crippen molar-refractivity contribution in [1.82, 2.24) is 0 Å². The summed E-state index contributed by atoms with van der Waals surface area (Å²) >= 11 is 0. The zero-order chi connectivity index (χ0) is 15.0. The molecule has 0 spiro atoms. The Morgan fingerprint density at radius 1 is 1.33 bits per heavy atom. The summed E-state index contributed by atoms with van der Waals surface area (Å²) in [5.74, 6) is -0.417. The second-order valence-electron chi connectivity index (χ2n) is 5.53. The minimum Gasteiger partial charge on any atom is -0.384 e. The minimum absolute atomic E-state index is 0.111. The number of nitrogens with two attached hydrogens (primary N) is 1. The molecule has 2 aromatic rings. The van der Waals surface area contributed by atoms with Crippen LogP contribution in [0.5, 0.6) is 0 Å². The quantitative estimate of drug-likeness (QED) is 0.672. The lowest BCUT2D eigenvalue weighted by Gasteiger charge is -2.25. The highest BCUT2D eigenvalue weighted by Crippen LogP contribution is 2.33. The van der Waals surface area contributed by atoms with Gasteiger partial charge in [0.15, 0.2) is 0 Å². The number of para-hydroxylation sites is 1. The van der Waals surface area contributed by atoms with Gasteiger partial charge in [-0.2, -0.15) is 0 Å². The molecule has 0 aromatic heterocycles. The fourth-order valence-electron chi connectivity index (χ4n) is 2.90. The molecule has 0 saturated heterocycles. The van der Waals surface area contributed by atoms with Gasteiger partial charge in [-0.3, -0.25) is 5.41 Å². The maximum absolute atomic E-state index is 14.2. The van der Waals surface area contributed by atoms with E-state index in [4.69, 9.17) is 11.1 Å². The van der Waals surface area contributed by atoms with Gasteiger partial charge in [-0.1, -0.05) is 30.3 Å². The van der Waals surface area contributed by atoms with Crippen molar-refractivity contribution in [3.8, 4) is 0 Å². The SMILES string of the molecule is CC1Cc2ccccc2N1Cc1ccc(C(=N)N)cc1F. The van der Waals surface area contributed by atoms with Crippen LogP contribution in [0.15, 0.2) is 42.5 Å². The Kier molecular flexibility index (Phi) is 3.37. The van der Waals surface area contributed by atoms with E-state index >= 15 is 0 Å². The molecule has 0 bridgehead atoms. The van der Waals surface area contributed by atoms with Crippen LogP contribution in [-0.4, -0.2) is 11.9 Å². The lowest BCUT2D eigenvalue weighted by molar-refractivity contribution is 0.593. The van der Waals surface area contributed by atoms with E-state index in [2.05, 4.69) is 24.0 Å². The van der Waals surface area contributed by atoms with E-state index in [1.54, 1.807) is 12.1 Å². The van der Waals surface area contributed by atoms with E-state index < -0.39 is 0 Å². The van der Waals surface area contributed by atoms with E-state index in [9.17, 15) is 4.39 Å². The van der Waals surface area contributed by atoms with Crippen LogP contribution in [0.4, 0.5) is 10.1 Å². The van der Waals surface area contributed by atoms with Gasteiger partial charge in [-0.15, -0.1) is 0 Å². The monoisotopic (exact) mass is 283 g/mol. The molecule has 4 heteroatoms. The highest BCUT2D eigenvalue weighted by molar-refractivity contribution is 5.94. The Morgan fingerprint density at radius 2 is 2.10 bits per heavy atom. The maximum Gasteiger partial charge on any atom is 0.128 e. The molecular formula is C17H18FN3. The molecule has 2 aromatic carbocycles. The first-order chi connectivity index (χ1) is 10.1. The first-order valence-electron chi connectivity index (χ1n) is 7.03. The van der Waals surface area contributed by atoms with Crippen LogP contribution in [0.1, 0.15) is 23.6 Å². The second-order valence-corrected chi connectivity index (χ2v) is 5.53. The smallest absolute Gasteiger partial charge is 0.128 e. The van der Waals surface area contributed by atoms with E-state index in [0.717, 1.165) is 6.42 Å². The number of halogens is 1. The molecule has 21 heavy (non-hydrogen) atoms. The van der Waals surface area contributed by atoms with Crippen molar-refractivity contribution >= 4 is 11.5 Å². The van der Waals surface area contributed by atoms with Gasteiger partial charge in [-0.25, -0.2) is 4.39 Å². The van der Waals surface area contributed by atoms with Gasteiger partial charge >= 0.3 is 0 Å². The molecule has 0 radical (unpaired) electrons. The molecule has 1 heterocycles. The molecule has 1 aliphatic rings. The average molecular weight is 283 g/mol. The number of hydrogen-bond acceptors (Lipinski definition) is 2. The van der Waals surface area contributed by atoms with Crippen LogP contribution >= 0.6 is 0 Å². The molecule has 1 aliphatic heterocycles. The first kappa shape index (κ1) is 13.6. The lowest BCUT2D eigenvalue weighted by atomic mass is 10.1. The van der Waals surface area contributed by atoms with Crippen molar-refractivity contribution in [3.05, 3.63) is 65.0 Å². The number of hydrogen-bond donors (Lipinski definition) is 2. The van der Waals surface area contributed by atoms with Gasteiger partial charge in [0.25, 0.3) is 0 Å². The number of nitrogens with one attached hydrogen (secondary N) is 1. The van der Waals surface area contributed by atoms with Crippen LogP contribution < -0.4 is 10.6 Å². The Morgan fingerprint density at radius 3 is 2.81 bits per heavy atom. The Bertz CT molecular complexity index is 696. The summed E-state index contributed by atoms with van der Waals surface area (Å²) in [6.45, 7) is 2.68. The molecule has 1 unspecified atom stereocenters. The molecule has 3 rings (SSSR count). The minimum atomic E-state index is -0.306. The number of amidine groups is 1. The summed E-state index contributed by atoms with van der Waals surface area (Å²) in [5.41, 5.74) is 8.93. The Hall–Kier alpha value is -2.36.